The fraction of sp³-hybridized carbons (Fsp3) is 0.667. The lowest BCUT2D eigenvalue weighted by Gasteiger charge is -2.18. The lowest BCUT2D eigenvalue weighted by Crippen LogP contribution is -2.30. The van der Waals surface area contributed by atoms with Crippen molar-refractivity contribution >= 4 is 17.9 Å². The number of hydrogen-bond donors (Lipinski definition) is 0. The Morgan fingerprint density at radius 2 is 0.902 bits per heavy atom. The third kappa shape index (κ3) is 37.9. The molecule has 6 nitrogen and oxygen atoms in total. The summed E-state index contributed by atoms with van der Waals surface area (Å²) in [4.78, 5) is 37.4. The number of allylic oxidation sites excluding steroid dienone is 11. The maximum Gasteiger partial charge on any atom is 0.310 e. The number of carbonyl (C=O) groups excluding carboxylic acids is 3. The molecule has 51 heavy (non-hydrogen) atoms. The monoisotopic (exact) mass is 711 g/mol. The lowest BCUT2D eigenvalue weighted by atomic mass is 10.1. The summed E-state index contributed by atoms with van der Waals surface area (Å²) in [7, 11) is 0. The Balaban J connectivity index is 4.43. The number of carbonyl (C=O) groups is 3. The van der Waals surface area contributed by atoms with Crippen molar-refractivity contribution in [3.05, 3.63) is 72.9 Å². The molecule has 0 fully saturated rings. The average molecular weight is 711 g/mol. The van der Waals surface area contributed by atoms with Gasteiger partial charge in [0, 0.05) is 12.8 Å². The first kappa shape index (κ1) is 47.8. The second kappa shape index (κ2) is 39.6. The van der Waals surface area contributed by atoms with Crippen molar-refractivity contribution in [3.8, 4) is 0 Å². The molecule has 0 radical (unpaired) electrons. The molecule has 0 saturated carbocycles. The van der Waals surface area contributed by atoms with Gasteiger partial charge in [0.25, 0.3) is 0 Å². The third-order valence-electron chi connectivity index (χ3n) is 8.30. The molecule has 290 valence electrons. The molecule has 0 aromatic rings. The molecule has 1 atom stereocenters. The van der Waals surface area contributed by atoms with Crippen LogP contribution in [-0.2, 0) is 28.6 Å². The van der Waals surface area contributed by atoms with Crippen molar-refractivity contribution in [2.75, 3.05) is 13.2 Å². The summed E-state index contributed by atoms with van der Waals surface area (Å²) in [5, 5.41) is 0. The van der Waals surface area contributed by atoms with Gasteiger partial charge < -0.3 is 14.2 Å². The predicted molar refractivity (Wildman–Crippen MR) is 214 cm³/mol. The van der Waals surface area contributed by atoms with E-state index in [0.717, 1.165) is 70.6 Å². The van der Waals surface area contributed by atoms with E-state index in [1.165, 1.54) is 64.2 Å². The summed E-state index contributed by atoms with van der Waals surface area (Å²) in [6, 6.07) is 0. The molecule has 0 heterocycles. The van der Waals surface area contributed by atoms with E-state index in [0.29, 0.717) is 12.8 Å². The van der Waals surface area contributed by atoms with E-state index in [-0.39, 0.29) is 31.6 Å². The smallest absolute Gasteiger partial charge is 0.310 e. The van der Waals surface area contributed by atoms with Crippen LogP contribution in [0.25, 0.3) is 0 Å². The summed E-state index contributed by atoms with van der Waals surface area (Å²) in [6.45, 7) is 6.23. The minimum absolute atomic E-state index is 0.103. The van der Waals surface area contributed by atoms with Gasteiger partial charge in [0.1, 0.15) is 13.2 Å². The van der Waals surface area contributed by atoms with Gasteiger partial charge in [-0.05, 0) is 51.4 Å². The Morgan fingerprint density at radius 3 is 1.43 bits per heavy atom. The maximum absolute atomic E-state index is 12.5. The topological polar surface area (TPSA) is 78.9 Å². The molecule has 6 heteroatoms. The van der Waals surface area contributed by atoms with Crippen LogP contribution in [0.2, 0.25) is 0 Å². The molecule has 0 spiro atoms. The summed E-state index contributed by atoms with van der Waals surface area (Å²) in [5.41, 5.74) is 0. The standard InChI is InChI=1S/C45H74O6/c1-4-7-10-13-16-19-20-21-22-23-24-27-29-32-35-38-44(47)50-41-42(51-45(48)39-36-33-30-26-18-15-12-9-6-3)40-49-43(46)37-34-31-28-25-17-14-11-8-5-2/h7,9-10,12-13,16,18-20,26,33,36,42H,4-6,8,11,14-15,17,21-25,27-32,34-35,37-41H2,1-3H3/b10-7-,12-9-,16-13-,20-19-,26-18-,36-33-. The van der Waals surface area contributed by atoms with Crippen molar-refractivity contribution in [2.45, 2.75) is 181 Å². The van der Waals surface area contributed by atoms with Crippen molar-refractivity contribution in [3.63, 3.8) is 0 Å². The van der Waals surface area contributed by atoms with Crippen LogP contribution in [0.1, 0.15) is 175 Å². The van der Waals surface area contributed by atoms with Gasteiger partial charge in [0.15, 0.2) is 6.10 Å². The molecule has 0 aliphatic carbocycles. The molecule has 0 aromatic carbocycles. The number of rotatable bonds is 35. The van der Waals surface area contributed by atoms with Gasteiger partial charge in [-0.2, -0.15) is 0 Å². The fourth-order valence-corrected chi connectivity index (χ4v) is 5.27. The second-order valence-electron chi connectivity index (χ2n) is 13.2. The zero-order valence-corrected chi connectivity index (χ0v) is 32.8. The number of hydrogen-bond acceptors (Lipinski definition) is 6. The number of esters is 3. The van der Waals surface area contributed by atoms with Crippen LogP contribution < -0.4 is 0 Å². The van der Waals surface area contributed by atoms with Crippen molar-refractivity contribution in [1.29, 1.82) is 0 Å². The van der Waals surface area contributed by atoms with Gasteiger partial charge in [-0.3, -0.25) is 14.4 Å². The average Bonchev–Trinajstić information content (AvgIpc) is 3.12. The molecular weight excluding hydrogens is 636 g/mol. The van der Waals surface area contributed by atoms with E-state index in [2.05, 4.69) is 81.5 Å². The molecule has 0 bridgehead atoms. The first-order chi connectivity index (χ1) is 25.0. The predicted octanol–water partition coefficient (Wildman–Crippen LogP) is 12.7. The zero-order valence-electron chi connectivity index (χ0n) is 32.8. The largest absolute Gasteiger partial charge is 0.462 e. The normalized spacial score (nSPS) is 12.8. The van der Waals surface area contributed by atoms with E-state index < -0.39 is 12.1 Å². The highest BCUT2D eigenvalue weighted by Crippen LogP contribution is 2.13. The van der Waals surface area contributed by atoms with Crippen LogP contribution >= 0.6 is 0 Å². The molecule has 0 aliphatic heterocycles. The highest BCUT2D eigenvalue weighted by molar-refractivity contribution is 5.72. The highest BCUT2D eigenvalue weighted by atomic mass is 16.6. The summed E-state index contributed by atoms with van der Waals surface area (Å²) < 4.78 is 16.5. The molecule has 1 unspecified atom stereocenters. The maximum atomic E-state index is 12.5. The molecule has 0 amide bonds. The van der Waals surface area contributed by atoms with Crippen LogP contribution in [0, 0.1) is 0 Å². The van der Waals surface area contributed by atoms with Gasteiger partial charge in [0.05, 0.1) is 6.42 Å². The molecule has 0 saturated heterocycles. The minimum Gasteiger partial charge on any atom is -0.462 e. The Labute approximate surface area is 312 Å². The second-order valence-corrected chi connectivity index (χ2v) is 13.2. The summed E-state index contributed by atoms with van der Waals surface area (Å²) in [6.07, 6.45) is 47.8. The fourth-order valence-electron chi connectivity index (χ4n) is 5.27. The van der Waals surface area contributed by atoms with E-state index >= 15 is 0 Å². The molecular formula is C45H74O6. The number of ether oxygens (including phenoxy) is 3. The van der Waals surface area contributed by atoms with E-state index in [9.17, 15) is 14.4 Å². The van der Waals surface area contributed by atoms with Gasteiger partial charge in [0.2, 0.25) is 0 Å². The van der Waals surface area contributed by atoms with Gasteiger partial charge in [-0.1, -0.05) is 177 Å². The zero-order chi connectivity index (χ0) is 37.3. The molecule has 0 aromatic heterocycles. The number of unbranched alkanes of at least 4 members (excludes halogenated alkanes) is 15. The van der Waals surface area contributed by atoms with Crippen LogP contribution in [0.5, 0.6) is 0 Å². The summed E-state index contributed by atoms with van der Waals surface area (Å²) in [5.74, 6) is -1.07. The SMILES string of the molecule is CC\C=C/C=C\C=C/CCCCCCCCCC(=O)OCC(COC(=O)CCCCCCCCCCC)OC(=O)C/C=C\C/C=C\C/C=C\CC. The van der Waals surface area contributed by atoms with Crippen LogP contribution in [0.4, 0.5) is 0 Å². The van der Waals surface area contributed by atoms with Gasteiger partial charge in [-0.15, -0.1) is 0 Å². The van der Waals surface area contributed by atoms with Crippen molar-refractivity contribution < 1.29 is 28.6 Å². The first-order valence-electron chi connectivity index (χ1n) is 20.5. The Hall–Kier alpha value is -3.15. The highest BCUT2D eigenvalue weighted by Gasteiger charge is 2.19. The lowest BCUT2D eigenvalue weighted by molar-refractivity contribution is -0.166. The van der Waals surface area contributed by atoms with Crippen LogP contribution in [0.15, 0.2) is 72.9 Å². The van der Waals surface area contributed by atoms with Gasteiger partial charge in [-0.25, -0.2) is 0 Å². The Bertz CT molecular complexity index is 1000. The van der Waals surface area contributed by atoms with Crippen molar-refractivity contribution in [1.82, 2.24) is 0 Å². The molecule has 0 N–H and O–H groups in total. The quantitative estimate of drug-likeness (QED) is 0.0214. The van der Waals surface area contributed by atoms with Crippen LogP contribution in [0.3, 0.4) is 0 Å². The van der Waals surface area contributed by atoms with E-state index in [4.69, 9.17) is 14.2 Å². The minimum atomic E-state index is -0.823. The van der Waals surface area contributed by atoms with Gasteiger partial charge >= 0.3 is 17.9 Å². The third-order valence-corrected chi connectivity index (χ3v) is 8.30. The van der Waals surface area contributed by atoms with Crippen molar-refractivity contribution in [2.24, 2.45) is 0 Å². The first-order valence-corrected chi connectivity index (χ1v) is 20.5. The molecule has 0 aliphatic rings. The Morgan fingerprint density at radius 1 is 0.451 bits per heavy atom. The summed E-state index contributed by atoms with van der Waals surface area (Å²) >= 11 is 0. The van der Waals surface area contributed by atoms with Crippen LogP contribution in [-0.4, -0.2) is 37.2 Å². The molecule has 0 rings (SSSR count). The van der Waals surface area contributed by atoms with E-state index in [1.54, 1.807) is 6.08 Å². The Kier molecular flexibility index (Phi) is 37.2. The van der Waals surface area contributed by atoms with E-state index in [1.807, 2.05) is 6.08 Å².